The van der Waals surface area contributed by atoms with Crippen LogP contribution in [0.4, 0.5) is 13.2 Å². The number of halogens is 3. The predicted molar refractivity (Wildman–Crippen MR) is 99.9 cm³/mol. The van der Waals surface area contributed by atoms with E-state index in [2.05, 4.69) is 9.97 Å². The summed E-state index contributed by atoms with van der Waals surface area (Å²) in [5.74, 6) is -0.348. The van der Waals surface area contributed by atoms with Gasteiger partial charge in [0, 0.05) is 40.7 Å². The third-order valence-corrected chi connectivity index (χ3v) is 4.43. The molecule has 0 bridgehead atoms. The van der Waals surface area contributed by atoms with Gasteiger partial charge in [-0.15, -0.1) is 0 Å². The van der Waals surface area contributed by atoms with Crippen molar-refractivity contribution in [3.63, 3.8) is 0 Å². The number of alkyl halides is 3. The van der Waals surface area contributed by atoms with Gasteiger partial charge in [-0.1, -0.05) is 42.5 Å². The molecule has 0 saturated heterocycles. The molecule has 4 rings (SSSR count). The Kier molecular flexibility index (Phi) is 4.39. The molecule has 0 amide bonds. The normalized spacial score (nSPS) is 11.5. The zero-order valence-corrected chi connectivity index (χ0v) is 14.4. The molecule has 0 fully saturated rings. The van der Waals surface area contributed by atoms with Crippen molar-refractivity contribution in [1.29, 1.82) is 0 Å². The minimum Gasteiger partial charge on any atom is -0.288 e. The highest BCUT2D eigenvalue weighted by Crippen LogP contribution is 2.38. The van der Waals surface area contributed by atoms with Gasteiger partial charge in [-0.2, -0.15) is 13.2 Å². The molecule has 0 aliphatic rings. The maximum atomic E-state index is 13.5. The average molecular weight is 378 g/mol. The lowest BCUT2D eigenvalue weighted by Gasteiger charge is -2.15. The van der Waals surface area contributed by atoms with Crippen molar-refractivity contribution >= 4 is 16.7 Å². The quantitative estimate of drug-likeness (QED) is 0.439. The lowest BCUT2D eigenvalue weighted by atomic mass is 9.91. The van der Waals surface area contributed by atoms with Crippen molar-refractivity contribution in [2.75, 3.05) is 0 Å². The monoisotopic (exact) mass is 378 g/mol. The summed E-state index contributed by atoms with van der Waals surface area (Å²) in [6.45, 7) is 0. The van der Waals surface area contributed by atoms with E-state index in [4.69, 9.17) is 0 Å². The van der Waals surface area contributed by atoms with Gasteiger partial charge >= 0.3 is 6.18 Å². The van der Waals surface area contributed by atoms with Crippen LogP contribution in [0.25, 0.3) is 22.0 Å². The van der Waals surface area contributed by atoms with Gasteiger partial charge in [0.1, 0.15) is 0 Å². The highest BCUT2D eigenvalue weighted by molar-refractivity contribution is 6.16. The molecule has 28 heavy (non-hydrogen) atoms. The molecule has 0 aliphatic heterocycles. The Balaban J connectivity index is 2.05. The third-order valence-electron chi connectivity index (χ3n) is 4.43. The van der Waals surface area contributed by atoms with Gasteiger partial charge in [-0.25, -0.2) is 0 Å². The standard InChI is InChI=1S/C22H13F3N2O/c23-22(24,25)18-10-4-9-16-19(14-6-2-1-3-7-14)17(13-27-20(16)18)21(28)15-8-5-11-26-12-15/h1-13H. The summed E-state index contributed by atoms with van der Waals surface area (Å²) in [5.41, 5.74) is 0.616. The summed E-state index contributed by atoms with van der Waals surface area (Å²) in [5, 5.41) is 0.274. The molecule has 0 radical (unpaired) electrons. The van der Waals surface area contributed by atoms with E-state index in [1.165, 1.54) is 18.5 Å². The van der Waals surface area contributed by atoms with Gasteiger partial charge in [-0.3, -0.25) is 14.8 Å². The van der Waals surface area contributed by atoms with Crippen LogP contribution in [0.1, 0.15) is 21.5 Å². The maximum absolute atomic E-state index is 13.5. The summed E-state index contributed by atoms with van der Waals surface area (Å²) in [4.78, 5) is 21.0. The lowest BCUT2D eigenvalue weighted by molar-refractivity contribution is -0.136. The number of rotatable bonds is 3. The second-order valence-corrected chi connectivity index (χ2v) is 6.18. The highest BCUT2D eigenvalue weighted by atomic mass is 19.4. The molecule has 138 valence electrons. The molecule has 0 unspecified atom stereocenters. The fourth-order valence-electron chi connectivity index (χ4n) is 3.19. The van der Waals surface area contributed by atoms with E-state index in [1.54, 1.807) is 54.7 Å². The van der Waals surface area contributed by atoms with E-state index < -0.39 is 11.7 Å². The Hall–Kier alpha value is -3.54. The van der Waals surface area contributed by atoms with Gasteiger partial charge in [0.15, 0.2) is 5.78 Å². The van der Waals surface area contributed by atoms with Crippen LogP contribution in [-0.2, 0) is 6.18 Å². The van der Waals surface area contributed by atoms with Crippen molar-refractivity contribution in [2.45, 2.75) is 6.18 Å². The van der Waals surface area contributed by atoms with E-state index in [-0.39, 0.29) is 22.2 Å². The van der Waals surface area contributed by atoms with Crippen molar-refractivity contribution in [3.05, 3.63) is 95.9 Å². The average Bonchev–Trinajstić information content (AvgIpc) is 2.72. The Labute approximate surface area is 158 Å². The fraction of sp³-hybridized carbons (Fsp3) is 0.0455. The van der Waals surface area contributed by atoms with Crippen LogP contribution >= 0.6 is 0 Å². The number of ketones is 1. The zero-order valence-electron chi connectivity index (χ0n) is 14.4. The first-order chi connectivity index (χ1) is 13.5. The minimum absolute atomic E-state index is 0.184. The van der Waals surface area contributed by atoms with E-state index >= 15 is 0 Å². The summed E-state index contributed by atoms with van der Waals surface area (Å²) in [6, 6.07) is 16.0. The van der Waals surface area contributed by atoms with Gasteiger partial charge < -0.3 is 0 Å². The summed E-state index contributed by atoms with van der Waals surface area (Å²) in [6.07, 6.45) is -0.360. The number of fused-ring (bicyclic) bond motifs is 1. The molecule has 4 aromatic rings. The topological polar surface area (TPSA) is 42.9 Å². The first kappa shape index (κ1) is 17.9. The molecule has 0 N–H and O–H groups in total. The third kappa shape index (κ3) is 3.13. The molecule has 0 spiro atoms. The van der Waals surface area contributed by atoms with E-state index in [0.29, 0.717) is 16.7 Å². The molecular formula is C22H13F3N2O. The van der Waals surface area contributed by atoms with Crippen LogP contribution in [0.5, 0.6) is 0 Å². The highest BCUT2D eigenvalue weighted by Gasteiger charge is 2.34. The number of hydrogen-bond acceptors (Lipinski definition) is 3. The number of carbonyl (C=O) groups is 1. The van der Waals surface area contributed by atoms with Crippen molar-refractivity contribution in [1.82, 2.24) is 9.97 Å². The lowest BCUT2D eigenvalue weighted by Crippen LogP contribution is -2.09. The second-order valence-electron chi connectivity index (χ2n) is 6.18. The predicted octanol–water partition coefficient (Wildman–Crippen LogP) is 5.55. The van der Waals surface area contributed by atoms with Gasteiger partial charge in [0.2, 0.25) is 0 Å². The largest absolute Gasteiger partial charge is 0.418 e. The Morgan fingerprint density at radius 3 is 2.32 bits per heavy atom. The number of benzene rings is 2. The number of hydrogen-bond donors (Lipinski definition) is 0. The smallest absolute Gasteiger partial charge is 0.288 e. The molecule has 6 heteroatoms. The molecule has 2 heterocycles. The first-order valence-electron chi connectivity index (χ1n) is 8.46. The number of para-hydroxylation sites is 1. The van der Waals surface area contributed by atoms with Crippen LogP contribution < -0.4 is 0 Å². The van der Waals surface area contributed by atoms with Crippen LogP contribution in [0.3, 0.4) is 0 Å². The second kappa shape index (κ2) is 6.88. The van der Waals surface area contributed by atoms with Crippen LogP contribution in [0, 0.1) is 0 Å². The summed E-state index contributed by atoms with van der Waals surface area (Å²) in [7, 11) is 0. The first-order valence-corrected chi connectivity index (χ1v) is 8.46. The molecule has 2 aromatic heterocycles. The summed E-state index contributed by atoms with van der Waals surface area (Å²) >= 11 is 0. The van der Waals surface area contributed by atoms with Gasteiger partial charge in [0.05, 0.1) is 11.1 Å². The molecule has 3 nitrogen and oxygen atoms in total. The molecular weight excluding hydrogens is 365 g/mol. The van der Waals surface area contributed by atoms with E-state index in [9.17, 15) is 18.0 Å². The molecule has 0 saturated carbocycles. The van der Waals surface area contributed by atoms with Crippen molar-refractivity contribution in [2.24, 2.45) is 0 Å². The fourth-order valence-corrected chi connectivity index (χ4v) is 3.19. The van der Waals surface area contributed by atoms with E-state index in [1.807, 2.05) is 0 Å². The van der Waals surface area contributed by atoms with Gasteiger partial charge in [-0.05, 0) is 23.8 Å². The molecule has 0 aliphatic carbocycles. The SMILES string of the molecule is O=C(c1cccnc1)c1cnc2c(C(F)(F)F)cccc2c1-c1ccccc1. The van der Waals surface area contributed by atoms with E-state index in [0.717, 1.165) is 6.07 Å². The number of aromatic nitrogens is 2. The van der Waals surface area contributed by atoms with Crippen molar-refractivity contribution in [3.8, 4) is 11.1 Å². The maximum Gasteiger partial charge on any atom is 0.418 e. The van der Waals surface area contributed by atoms with Crippen LogP contribution in [0.15, 0.2) is 79.3 Å². The Morgan fingerprint density at radius 2 is 1.64 bits per heavy atom. The van der Waals surface area contributed by atoms with Crippen molar-refractivity contribution < 1.29 is 18.0 Å². The number of pyridine rings is 2. The van der Waals surface area contributed by atoms with Gasteiger partial charge in [0.25, 0.3) is 0 Å². The summed E-state index contributed by atoms with van der Waals surface area (Å²) < 4.78 is 40.4. The van der Waals surface area contributed by atoms with Crippen LogP contribution in [-0.4, -0.2) is 15.8 Å². The molecule has 2 aromatic carbocycles. The Bertz CT molecular complexity index is 1160. The minimum atomic E-state index is -4.55. The molecule has 0 atom stereocenters. The zero-order chi connectivity index (χ0) is 19.7. The van der Waals surface area contributed by atoms with Crippen LogP contribution in [0.2, 0.25) is 0 Å². The number of carbonyl (C=O) groups excluding carboxylic acids is 1. The number of nitrogens with zero attached hydrogens (tertiary/aromatic N) is 2. The Morgan fingerprint density at radius 1 is 0.857 bits per heavy atom.